The van der Waals surface area contributed by atoms with Gasteiger partial charge in [0.25, 0.3) is 10.0 Å². The van der Waals surface area contributed by atoms with Gasteiger partial charge in [-0.25, -0.2) is 0 Å². The lowest BCUT2D eigenvalue weighted by Crippen LogP contribution is -2.47. The largest absolute Gasteiger partial charge is 0.351 e. The molecule has 0 aromatic heterocycles. The van der Waals surface area contributed by atoms with Gasteiger partial charge >= 0.3 is 0 Å². The van der Waals surface area contributed by atoms with Crippen molar-refractivity contribution in [1.82, 2.24) is 4.90 Å². The van der Waals surface area contributed by atoms with Gasteiger partial charge in [0.05, 0.1) is 0 Å². The van der Waals surface area contributed by atoms with Crippen molar-refractivity contribution >= 4 is 15.9 Å². The van der Waals surface area contributed by atoms with Crippen molar-refractivity contribution in [3.8, 4) is 0 Å². The van der Waals surface area contributed by atoms with Crippen molar-refractivity contribution in [1.29, 1.82) is 0 Å². The van der Waals surface area contributed by atoms with Crippen LogP contribution >= 0.6 is 0 Å². The number of hydrogen-bond donors (Lipinski definition) is 1. The maximum absolute atomic E-state index is 12.1. The Morgan fingerprint density at radius 2 is 2.11 bits per heavy atom. The number of nitrogens with zero attached hydrogens (tertiary/aromatic N) is 2. The van der Waals surface area contributed by atoms with Crippen molar-refractivity contribution in [2.45, 2.75) is 30.2 Å². The molecular weight excluding hydrogens is 262 g/mol. The molecule has 2 aliphatic heterocycles. The van der Waals surface area contributed by atoms with Gasteiger partial charge in [-0.1, -0.05) is 12.1 Å². The molecule has 5 nitrogen and oxygen atoms in total. The van der Waals surface area contributed by atoms with E-state index < -0.39 is 10.0 Å². The summed E-state index contributed by atoms with van der Waals surface area (Å²) in [6.45, 7) is 1.35. The quantitative estimate of drug-likeness (QED) is 0.830. The number of hydrogen-bond acceptors (Lipinski definition) is 4. The summed E-state index contributed by atoms with van der Waals surface area (Å²) in [4.78, 5) is 2.37. The molecule has 0 saturated carbocycles. The van der Waals surface area contributed by atoms with Crippen molar-refractivity contribution in [2.24, 2.45) is 10.1 Å². The standard InChI is InChI=1S/C13H17N3O2S/c14-9-10-5-3-4-8-16(10)13-11-6-1-2-7-12(11)19(17,18)15-13/h1-2,6-7,10H,3-5,8-9,14H2/t10-/m0/s1. The maximum Gasteiger partial charge on any atom is 0.285 e. The summed E-state index contributed by atoms with van der Waals surface area (Å²) in [5.74, 6) is 0.575. The van der Waals surface area contributed by atoms with E-state index in [0.717, 1.165) is 25.8 Å². The lowest BCUT2D eigenvalue weighted by atomic mass is 10.0. The molecule has 1 aromatic rings. The van der Waals surface area contributed by atoms with Gasteiger partial charge in [-0.3, -0.25) is 0 Å². The fourth-order valence-electron chi connectivity index (χ4n) is 2.82. The van der Waals surface area contributed by atoms with E-state index in [9.17, 15) is 8.42 Å². The van der Waals surface area contributed by atoms with Crippen molar-refractivity contribution in [3.63, 3.8) is 0 Å². The fourth-order valence-corrected chi connectivity index (χ4v) is 4.04. The lowest BCUT2D eigenvalue weighted by molar-refractivity contribution is 0.248. The van der Waals surface area contributed by atoms with Crippen molar-refractivity contribution < 1.29 is 8.42 Å². The number of sulfonamides is 1. The molecule has 0 radical (unpaired) electrons. The molecule has 2 N–H and O–H groups in total. The summed E-state index contributed by atoms with van der Waals surface area (Å²) in [6, 6.07) is 7.19. The monoisotopic (exact) mass is 279 g/mol. The van der Waals surface area contributed by atoms with Crippen LogP contribution in [0.5, 0.6) is 0 Å². The molecule has 0 unspecified atom stereocenters. The Labute approximate surface area is 113 Å². The van der Waals surface area contributed by atoms with Crippen LogP contribution in [-0.2, 0) is 10.0 Å². The average Bonchev–Trinajstić information content (AvgIpc) is 2.71. The smallest absolute Gasteiger partial charge is 0.285 e. The first kappa shape index (κ1) is 12.6. The minimum atomic E-state index is -3.53. The normalized spacial score (nSPS) is 25.0. The van der Waals surface area contributed by atoms with Crippen LogP contribution in [-0.4, -0.2) is 38.3 Å². The van der Waals surface area contributed by atoms with Gasteiger partial charge in [-0.05, 0) is 31.4 Å². The number of piperidine rings is 1. The predicted octanol–water partition coefficient (Wildman–Crippen LogP) is 0.949. The van der Waals surface area contributed by atoms with Gasteiger partial charge in [0.1, 0.15) is 4.90 Å². The Morgan fingerprint density at radius 3 is 2.89 bits per heavy atom. The third-order valence-corrected chi connectivity index (χ3v) is 5.11. The number of nitrogens with two attached hydrogens (primary N) is 1. The molecular formula is C13H17N3O2S. The number of amidine groups is 1. The predicted molar refractivity (Wildman–Crippen MR) is 73.6 cm³/mol. The van der Waals surface area contributed by atoms with Gasteiger partial charge in [0.2, 0.25) is 0 Å². The Hall–Kier alpha value is -1.40. The average molecular weight is 279 g/mol. The highest BCUT2D eigenvalue weighted by atomic mass is 32.2. The molecule has 3 rings (SSSR count). The van der Waals surface area contributed by atoms with Gasteiger partial charge in [0, 0.05) is 24.7 Å². The first-order valence-electron chi connectivity index (χ1n) is 6.54. The van der Waals surface area contributed by atoms with E-state index in [-0.39, 0.29) is 6.04 Å². The Kier molecular flexibility index (Phi) is 3.06. The Balaban J connectivity index is 2.06. The number of likely N-dealkylation sites (tertiary alicyclic amines) is 1. The van der Waals surface area contributed by atoms with Gasteiger partial charge in [-0.2, -0.15) is 8.42 Å². The molecule has 1 aromatic carbocycles. The summed E-state index contributed by atoms with van der Waals surface area (Å²) in [6.07, 6.45) is 3.19. The van der Waals surface area contributed by atoms with Crippen LogP contribution < -0.4 is 5.73 Å². The van der Waals surface area contributed by atoms with Crippen molar-refractivity contribution in [3.05, 3.63) is 29.8 Å². The highest BCUT2D eigenvalue weighted by Gasteiger charge is 2.34. The second-order valence-electron chi connectivity index (χ2n) is 4.96. The van der Waals surface area contributed by atoms with Crippen LogP contribution in [0.2, 0.25) is 0 Å². The van der Waals surface area contributed by atoms with Crippen LogP contribution in [0.15, 0.2) is 33.6 Å². The Morgan fingerprint density at radius 1 is 1.32 bits per heavy atom. The van der Waals surface area contributed by atoms with Crippen LogP contribution in [0.1, 0.15) is 24.8 Å². The van der Waals surface area contributed by atoms with Crippen LogP contribution in [0.25, 0.3) is 0 Å². The Bertz CT molecular complexity index is 625. The molecule has 1 atom stereocenters. The summed E-state index contributed by atoms with van der Waals surface area (Å²) < 4.78 is 28.1. The molecule has 2 aliphatic rings. The second kappa shape index (κ2) is 4.61. The lowest BCUT2D eigenvalue weighted by Gasteiger charge is -2.36. The third kappa shape index (κ3) is 2.04. The molecule has 0 amide bonds. The van der Waals surface area contributed by atoms with E-state index in [1.165, 1.54) is 0 Å². The fraction of sp³-hybridized carbons (Fsp3) is 0.462. The number of fused-ring (bicyclic) bond motifs is 1. The molecule has 0 spiro atoms. The number of rotatable bonds is 1. The highest BCUT2D eigenvalue weighted by molar-refractivity contribution is 7.90. The molecule has 0 aliphatic carbocycles. The first-order chi connectivity index (χ1) is 9.13. The zero-order valence-electron chi connectivity index (χ0n) is 10.6. The van der Waals surface area contributed by atoms with E-state index in [4.69, 9.17) is 5.73 Å². The zero-order valence-corrected chi connectivity index (χ0v) is 11.4. The summed E-state index contributed by atoms with van der Waals surface area (Å²) >= 11 is 0. The molecule has 0 bridgehead atoms. The first-order valence-corrected chi connectivity index (χ1v) is 7.98. The van der Waals surface area contributed by atoms with E-state index in [1.54, 1.807) is 12.1 Å². The highest BCUT2D eigenvalue weighted by Crippen LogP contribution is 2.30. The summed E-state index contributed by atoms with van der Waals surface area (Å²) in [7, 11) is -3.53. The van der Waals surface area contributed by atoms with E-state index in [0.29, 0.717) is 22.8 Å². The van der Waals surface area contributed by atoms with Gasteiger partial charge < -0.3 is 10.6 Å². The summed E-state index contributed by atoms with van der Waals surface area (Å²) in [5.41, 5.74) is 6.51. The van der Waals surface area contributed by atoms with E-state index >= 15 is 0 Å². The van der Waals surface area contributed by atoms with Crippen LogP contribution in [0.3, 0.4) is 0 Å². The molecule has 102 valence electrons. The van der Waals surface area contributed by atoms with E-state index in [1.807, 2.05) is 12.1 Å². The third-order valence-electron chi connectivity index (χ3n) is 3.78. The maximum atomic E-state index is 12.1. The van der Waals surface area contributed by atoms with Crippen molar-refractivity contribution in [2.75, 3.05) is 13.1 Å². The van der Waals surface area contributed by atoms with Gasteiger partial charge in [-0.15, -0.1) is 4.40 Å². The van der Waals surface area contributed by atoms with Gasteiger partial charge in [0.15, 0.2) is 5.84 Å². The SMILES string of the molecule is NC[C@@H]1CCCCN1C1=NS(=O)(=O)c2ccccc21. The minimum absolute atomic E-state index is 0.189. The van der Waals surface area contributed by atoms with Crippen LogP contribution in [0.4, 0.5) is 0 Å². The molecule has 1 saturated heterocycles. The minimum Gasteiger partial charge on any atom is -0.351 e. The molecule has 6 heteroatoms. The zero-order chi connectivity index (χ0) is 13.5. The van der Waals surface area contributed by atoms with E-state index in [2.05, 4.69) is 9.30 Å². The van der Waals surface area contributed by atoms with Crippen LogP contribution in [0, 0.1) is 0 Å². The molecule has 2 heterocycles. The second-order valence-corrected chi connectivity index (χ2v) is 6.54. The molecule has 19 heavy (non-hydrogen) atoms. The summed E-state index contributed by atoms with van der Waals surface area (Å²) in [5, 5.41) is 0. The number of benzene rings is 1. The molecule has 1 fully saturated rings. The topological polar surface area (TPSA) is 75.8 Å².